The number of likely N-dealkylation sites (tertiary alicyclic amines) is 1. The van der Waals surface area contributed by atoms with Crippen molar-refractivity contribution in [1.82, 2.24) is 4.90 Å². The molecule has 25 heavy (non-hydrogen) atoms. The molecule has 4 unspecified atom stereocenters. The van der Waals surface area contributed by atoms with Crippen molar-refractivity contribution in [2.45, 2.75) is 62.0 Å². The van der Waals surface area contributed by atoms with Crippen molar-refractivity contribution in [3.8, 4) is 5.75 Å². The maximum Gasteiger partial charge on any atom is 0.133 e. The normalized spacial score (nSPS) is 49.0. The van der Waals surface area contributed by atoms with Crippen molar-refractivity contribution < 1.29 is 14.2 Å². The largest absolute Gasteiger partial charge is 0.489 e. The summed E-state index contributed by atoms with van der Waals surface area (Å²) in [6.45, 7) is 0. The molecular weight excluding hydrogens is 314 g/mol. The Hall–Kier alpha value is -1.10. The minimum Gasteiger partial charge on any atom is -0.489 e. The third-order valence-corrected chi connectivity index (χ3v) is 8.75. The average molecular weight is 341 g/mol. The summed E-state index contributed by atoms with van der Waals surface area (Å²) in [6.07, 6.45) is 7.38. The van der Waals surface area contributed by atoms with Crippen LogP contribution in [-0.4, -0.2) is 44.2 Å². The summed E-state index contributed by atoms with van der Waals surface area (Å²) >= 11 is 0. The van der Waals surface area contributed by atoms with E-state index in [4.69, 9.17) is 14.2 Å². The lowest BCUT2D eigenvalue weighted by molar-refractivity contribution is -0.343. The van der Waals surface area contributed by atoms with E-state index in [0.717, 1.165) is 18.6 Å². The second kappa shape index (κ2) is 4.41. The lowest BCUT2D eigenvalue weighted by atomic mass is 9.36. The minimum absolute atomic E-state index is 0.0571. The highest BCUT2D eigenvalue weighted by atomic mass is 16.5. The van der Waals surface area contributed by atoms with Crippen molar-refractivity contribution in [2.75, 3.05) is 21.3 Å². The van der Waals surface area contributed by atoms with Crippen LogP contribution in [0.2, 0.25) is 0 Å². The first-order valence-corrected chi connectivity index (χ1v) is 9.73. The van der Waals surface area contributed by atoms with Crippen LogP contribution in [0.4, 0.5) is 0 Å². The lowest BCUT2D eigenvalue weighted by Crippen LogP contribution is -2.82. The van der Waals surface area contributed by atoms with Gasteiger partial charge in [0.2, 0.25) is 0 Å². The van der Waals surface area contributed by atoms with E-state index in [1.807, 2.05) is 14.2 Å². The molecule has 0 N–H and O–H groups in total. The molecule has 3 saturated carbocycles. The van der Waals surface area contributed by atoms with Gasteiger partial charge in [-0.1, -0.05) is 12.1 Å². The van der Waals surface area contributed by atoms with Gasteiger partial charge in [-0.25, -0.2) is 0 Å². The van der Waals surface area contributed by atoms with Crippen molar-refractivity contribution in [3.05, 3.63) is 29.3 Å². The van der Waals surface area contributed by atoms with Crippen LogP contribution in [0, 0.1) is 11.3 Å². The Kier molecular flexibility index (Phi) is 2.65. The highest BCUT2D eigenvalue weighted by Gasteiger charge is 2.80. The fourth-order valence-corrected chi connectivity index (χ4v) is 7.94. The third-order valence-electron chi connectivity index (χ3n) is 8.75. The minimum atomic E-state index is -0.297. The summed E-state index contributed by atoms with van der Waals surface area (Å²) in [7, 11) is 5.97. The summed E-state index contributed by atoms with van der Waals surface area (Å²) in [4.78, 5) is 2.41. The lowest BCUT2D eigenvalue weighted by Gasteiger charge is -2.74. The van der Waals surface area contributed by atoms with Gasteiger partial charge in [-0.2, -0.15) is 0 Å². The number of fused-ring (bicyclic) bond motifs is 2. The highest BCUT2D eigenvalue weighted by molar-refractivity contribution is 5.58. The van der Waals surface area contributed by atoms with Crippen LogP contribution < -0.4 is 4.74 Å². The molecule has 0 amide bonds. The van der Waals surface area contributed by atoms with Gasteiger partial charge >= 0.3 is 0 Å². The van der Waals surface area contributed by atoms with Crippen LogP contribution in [0.25, 0.3) is 0 Å². The van der Waals surface area contributed by atoms with Crippen LogP contribution >= 0.6 is 0 Å². The molecule has 134 valence electrons. The van der Waals surface area contributed by atoms with Crippen LogP contribution in [0.5, 0.6) is 5.75 Å². The fourth-order valence-electron chi connectivity index (χ4n) is 7.94. The molecule has 4 atom stereocenters. The van der Waals surface area contributed by atoms with E-state index in [1.165, 1.54) is 36.8 Å². The first-order chi connectivity index (χ1) is 12.1. The molecular formula is C21H27NO3. The second-order valence-corrected chi connectivity index (χ2v) is 8.89. The average Bonchev–Trinajstić information content (AvgIpc) is 3.00. The van der Waals surface area contributed by atoms with Crippen molar-refractivity contribution in [2.24, 2.45) is 11.3 Å². The molecule has 4 aliphatic carbocycles. The second-order valence-electron chi connectivity index (χ2n) is 8.89. The number of nitrogens with zero attached hydrogens (tertiary/aromatic N) is 1. The van der Waals surface area contributed by atoms with Crippen molar-refractivity contribution >= 4 is 0 Å². The zero-order chi connectivity index (χ0) is 17.0. The standard InChI is InChI=1S/C21H27NO3/c1-22-16(23-2)12-20-17-14-5-4-6-15(17)25-18(20)13-7-9-19(20,10-8-13)21(22,11-14)24-3/h4-6,13,16,18H,7-12H2,1-3H3. The van der Waals surface area contributed by atoms with Gasteiger partial charge in [0.1, 0.15) is 23.8 Å². The number of benzene rings is 1. The van der Waals surface area contributed by atoms with Gasteiger partial charge in [0.25, 0.3) is 0 Å². The molecule has 7 rings (SSSR count). The zero-order valence-corrected chi connectivity index (χ0v) is 15.4. The summed E-state index contributed by atoms with van der Waals surface area (Å²) in [5, 5.41) is 0. The van der Waals surface area contributed by atoms with Gasteiger partial charge in [-0.05, 0) is 50.3 Å². The van der Waals surface area contributed by atoms with E-state index in [0.29, 0.717) is 12.0 Å². The Morgan fingerprint density at radius 2 is 2.00 bits per heavy atom. The van der Waals surface area contributed by atoms with Crippen LogP contribution in [-0.2, 0) is 21.3 Å². The predicted octanol–water partition coefficient (Wildman–Crippen LogP) is 3.08. The number of piperidine rings is 1. The van der Waals surface area contributed by atoms with E-state index in [-0.39, 0.29) is 22.8 Å². The highest BCUT2D eigenvalue weighted by Crippen LogP contribution is 2.76. The number of methoxy groups -OCH3 is 2. The zero-order valence-electron chi connectivity index (χ0n) is 15.4. The molecule has 1 aromatic rings. The predicted molar refractivity (Wildman–Crippen MR) is 93.5 cm³/mol. The van der Waals surface area contributed by atoms with E-state index < -0.39 is 0 Å². The maximum atomic E-state index is 6.70. The Morgan fingerprint density at radius 1 is 1.20 bits per heavy atom. The molecule has 4 heteroatoms. The molecule has 2 heterocycles. The molecule has 4 fully saturated rings. The summed E-state index contributed by atoms with van der Waals surface area (Å²) < 4.78 is 19.2. The first-order valence-electron chi connectivity index (χ1n) is 9.73. The molecule has 0 radical (unpaired) electrons. The summed E-state index contributed by atoms with van der Waals surface area (Å²) in [6, 6.07) is 6.66. The smallest absolute Gasteiger partial charge is 0.133 e. The Bertz CT molecular complexity index is 756. The van der Waals surface area contributed by atoms with Gasteiger partial charge in [0, 0.05) is 43.5 Å². The summed E-state index contributed by atoms with van der Waals surface area (Å²) in [5.41, 5.74) is 2.84. The van der Waals surface area contributed by atoms with Gasteiger partial charge in [0.05, 0.1) is 0 Å². The topological polar surface area (TPSA) is 30.9 Å². The van der Waals surface area contributed by atoms with Gasteiger partial charge < -0.3 is 14.2 Å². The Morgan fingerprint density at radius 3 is 2.72 bits per heavy atom. The molecule has 2 aliphatic heterocycles. The van der Waals surface area contributed by atoms with Gasteiger partial charge in [-0.15, -0.1) is 0 Å². The molecule has 4 bridgehead atoms. The van der Waals surface area contributed by atoms with Crippen LogP contribution in [0.3, 0.4) is 0 Å². The first kappa shape index (κ1) is 15.0. The molecule has 1 aromatic carbocycles. The molecule has 1 saturated heterocycles. The molecule has 4 nitrogen and oxygen atoms in total. The number of likely N-dealkylation sites (N-methyl/N-ethyl adjacent to an activating group) is 1. The maximum absolute atomic E-state index is 6.70. The quantitative estimate of drug-likeness (QED) is 0.827. The van der Waals surface area contributed by atoms with Gasteiger partial charge in [-0.3, -0.25) is 4.90 Å². The number of ether oxygens (including phenoxy) is 3. The summed E-state index contributed by atoms with van der Waals surface area (Å²) in [5.74, 6) is 1.82. The Labute approximate surface area is 149 Å². The van der Waals surface area contributed by atoms with E-state index in [2.05, 4.69) is 30.1 Å². The number of rotatable bonds is 2. The molecule has 0 aromatic heterocycles. The molecule has 6 aliphatic rings. The Balaban J connectivity index is 1.73. The van der Waals surface area contributed by atoms with Crippen molar-refractivity contribution in [1.29, 1.82) is 0 Å². The fraction of sp³-hybridized carbons (Fsp3) is 0.714. The van der Waals surface area contributed by atoms with Gasteiger partial charge in [0.15, 0.2) is 0 Å². The van der Waals surface area contributed by atoms with Crippen molar-refractivity contribution in [3.63, 3.8) is 0 Å². The monoisotopic (exact) mass is 341 g/mol. The van der Waals surface area contributed by atoms with Crippen LogP contribution in [0.15, 0.2) is 18.2 Å². The number of hydrogen-bond donors (Lipinski definition) is 0. The third kappa shape index (κ3) is 1.29. The SMILES string of the molecule is COC1CC23c4c5cccc4OC2C2CCC3(CC2)C(OC)(C5)N1C. The van der Waals surface area contributed by atoms with E-state index in [1.54, 1.807) is 0 Å². The van der Waals surface area contributed by atoms with E-state index >= 15 is 0 Å². The van der Waals surface area contributed by atoms with E-state index in [9.17, 15) is 0 Å². The van der Waals surface area contributed by atoms with Crippen LogP contribution in [0.1, 0.15) is 43.2 Å². The number of hydrogen-bond acceptors (Lipinski definition) is 4. The molecule has 2 spiro atoms.